The minimum Gasteiger partial charge on any atom is -0.492 e. The number of halogens is 1. The van der Waals surface area contributed by atoms with Crippen LogP contribution in [0.1, 0.15) is 6.92 Å². The molecule has 0 aliphatic carbocycles. The molecule has 1 aromatic carbocycles. The molecule has 0 aliphatic heterocycles. The molecule has 0 amide bonds. The molecule has 0 saturated heterocycles. The molecule has 0 aromatic heterocycles. The van der Waals surface area contributed by atoms with E-state index >= 15 is 0 Å². The van der Waals surface area contributed by atoms with E-state index in [4.69, 9.17) is 4.74 Å². The van der Waals surface area contributed by atoms with Gasteiger partial charge in [-0.2, -0.15) is 0 Å². The van der Waals surface area contributed by atoms with Gasteiger partial charge in [0, 0.05) is 0 Å². The molecular weight excluding hydrogens is 225 g/mol. The van der Waals surface area contributed by atoms with Gasteiger partial charge in [0.05, 0.1) is 6.61 Å². The Kier molecular flexibility index (Phi) is 5.05. The number of thioether (sulfide) groups is 1. The molecule has 0 radical (unpaired) electrons. The van der Waals surface area contributed by atoms with Gasteiger partial charge in [-0.15, -0.1) is 11.8 Å². The first-order chi connectivity index (χ1) is 7.69. The normalized spacial score (nSPS) is 11.3. The first-order valence-electron chi connectivity index (χ1n) is 4.88. The van der Waals surface area contributed by atoms with Gasteiger partial charge in [-0.3, -0.25) is 0 Å². The number of aliphatic imine (C=N–C) groups is 1. The number of ether oxygens (including phenoxy) is 1. The molecule has 0 saturated carbocycles. The second-order valence-electron chi connectivity index (χ2n) is 2.93. The number of nitrogens with zero attached hydrogens (tertiary/aromatic N) is 1. The SMILES string of the molecule is C=C(OCC)C(=Nc1ccccc1F)SC. The highest BCUT2D eigenvalue weighted by molar-refractivity contribution is 8.13. The van der Waals surface area contributed by atoms with Crippen molar-refractivity contribution >= 4 is 22.5 Å². The lowest BCUT2D eigenvalue weighted by atomic mass is 10.3. The van der Waals surface area contributed by atoms with E-state index < -0.39 is 0 Å². The van der Waals surface area contributed by atoms with Gasteiger partial charge in [-0.05, 0) is 25.3 Å². The van der Waals surface area contributed by atoms with Crippen LogP contribution in [0, 0.1) is 5.82 Å². The first kappa shape index (κ1) is 12.8. The zero-order valence-electron chi connectivity index (χ0n) is 9.37. The lowest BCUT2D eigenvalue weighted by Crippen LogP contribution is -2.00. The van der Waals surface area contributed by atoms with E-state index in [0.29, 0.717) is 23.1 Å². The quantitative estimate of drug-likeness (QED) is 0.453. The van der Waals surface area contributed by atoms with E-state index in [9.17, 15) is 4.39 Å². The Balaban J connectivity index is 2.96. The van der Waals surface area contributed by atoms with Gasteiger partial charge in [0.1, 0.15) is 22.3 Å². The molecule has 0 N–H and O–H groups in total. The van der Waals surface area contributed by atoms with Crippen LogP contribution in [0.2, 0.25) is 0 Å². The monoisotopic (exact) mass is 239 g/mol. The average molecular weight is 239 g/mol. The standard InChI is InChI=1S/C12H14FNOS/c1-4-15-9(2)12(16-3)14-11-8-6-5-7-10(11)13/h5-8H,2,4H2,1,3H3. The number of para-hydroxylation sites is 1. The summed E-state index contributed by atoms with van der Waals surface area (Å²) in [6.07, 6.45) is 1.85. The third-order valence-electron chi connectivity index (χ3n) is 1.82. The van der Waals surface area contributed by atoms with E-state index in [-0.39, 0.29) is 5.82 Å². The van der Waals surface area contributed by atoms with Gasteiger partial charge in [0.2, 0.25) is 0 Å². The van der Waals surface area contributed by atoms with Crippen LogP contribution in [0.4, 0.5) is 10.1 Å². The van der Waals surface area contributed by atoms with Crippen LogP contribution in [-0.2, 0) is 4.74 Å². The van der Waals surface area contributed by atoms with Crippen LogP contribution in [0.3, 0.4) is 0 Å². The van der Waals surface area contributed by atoms with Gasteiger partial charge >= 0.3 is 0 Å². The third kappa shape index (κ3) is 3.38. The van der Waals surface area contributed by atoms with E-state index in [1.165, 1.54) is 17.8 Å². The highest BCUT2D eigenvalue weighted by Crippen LogP contribution is 2.21. The molecule has 1 rings (SSSR count). The Morgan fingerprint density at radius 1 is 1.50 bits per heavy atom. The zero-order chi connectivity index (χ0) is 12.0. The Hall–Kier alpha value is -1.29. The summed E-state index contributed by atoms with van der Waals surface area (Å²) in [4.78, 5) is 4.18. The van der Waals surface area contributed by atoms with Gasteiger partial charge < -0.3 is 4.74 Å². The van der Waals surface area contributed by atoms with Crippen molar-refractivity contribution in [1.29, 1.82) is 0 Å². The van der Waals surface area contributed by atoms with Crippen molar-refractivity contribution < 1.29 is 9.13 Å². The summed E-state index contributed by atoms with van der Waals surface area (Å²) in [5, 5.41) is 0.590. The lowest BCUT2D eigenvalue weighted by Gasteiger charge is -2.07. The van der Waals surface area contributed by atoms with Crippen LogP contribution in [0.25, 0.3) is 0 Å². The summed E-state index contributed by atoms with van der Waals surface area (Å²) in [5.74, 6) is 0.122. The molecule has 0 heterocycles. The van der Waals surface area contributed by atoms with E-state index in [2.05, 4.69) is 11.6 Å². The first-order valence-corrected chi connectivity index (χ1v) is 6.10. The second-order valence-corrected chi connectivity index (χ2v) is 3.72. The summed E-state index contributed by atoms with van der Waals surface area (Å²) >= 11 is 1.38. The van der Waals surface area contributed by atoms with E-state index in [0.717, 1.165) is 0 Å². The maximum atomic E-state index is 13.3. The molecule has 0 spiro atoms. The molecule has 0 bridgehead atoms. The van der Waals surface area contributed by atoms with Crippen LogP contribution in [0.15, 0.2) is 41.6 Å². The molecule has 2 nitrogen and oxygen atoms in total. The maximum absolute atomic E-state index is 13.3. The molecule has 0 aliphatic rings. The van der Waals surface area contributed by atoms with Crippen molar-refractivity contribution in [2.24, 2.45) is 4.99 Å². The molecule has 0 atom stereocenters. The zero-order valence-corrected chi connectivity index (χ0v) is 10.2. The van der Waals surface area contributed by atoms with Crippen molar-refractivity contribution in [2.75, 3.05) is 12.9 Å². The molecule has 86 valence electrons. The van der Waals surface area contributed by atoms with Gasteiger partial charge in [0.15, 0.2) is 0 Å². The number of rotatable bonds is 4. The van der Waals surface area contributed by atoms with Crippen molar-refractivity contribution in [2.45, 2.75) is 6.92 Å². The van der Waals surface area contributed by atoms with Gasteiger partial charge in [0.25, 0.3) is 0 Å². The minimum atomic E-state index is -0.349. The van der Waals surface area contributed by atoms with Crippen molar-refractivity contribution in [3.05, 3.63) is 42.4 Å². The van der Waals surface area contributed by atoms with Crippen LogP contribution < -0.4 is 0 Å². The molecule has 0 fully saturated rings. The fourth-order valence-corrected chi connectivity index (χ4v) is 1.59. The Morgan fingerprint density at radius 2 is 2.19 bits per heavy atom. The molecule has 0 unspecified atom stereocenters. The fourth-order valence-electron chi connectivity index (χ4n) is 1.11. The Morgan fingerprint density at radius 3 is 2.75 bits per heavy atom. The smallest absolute Gasteiger partial charge is 0.148 e. The topological polar surface area (TPSA) is 21.6 Å². The molecule has 4 heteroatoms. The second kappa shape index (κ2) is 6.33. The maximum Gasteiger partial charge on any atom is 0.148 e. The summed E-state index contributed by atoms with van der Waals surface area (Å²) in [5.41, 5.74) is 0.299. The van der Waals surface area contributed by atoms with E-state index in [1.54, 1.807) is 18.2 Å². The number of benzene rings is 1. The van der Waals surface area contributed by atoms with Crippen molar-refractivity contribution in [3.8, 4) is 0 Å². The summed E-state index contributed by atoms with van der Waals surface area (Å²) in [6, 6.07) is 6.36. The number of hydrogen-bond acceptors (Lipinski definition) is 3. The predicted octanol–water partition coefficient (Wildman–Crippen LogP) is 3.77. The summed E-state index contributed by atoms with van der Waals surface area (Å²) in [7, 11) is 0. The van der Waals surface area contributed by atoms with Crippen LogP contribution in [0.5, 0.6) is 0 Å². The molecule has 1 aromatic rings. The van der Waals surface area contributed by atoms with E-state index in [1.807, 2.05) is 13.2 Å². The Labute approximate surface area is 99.2 Å². The molecular formula is C12H14FNOS. The Bertz CT molecular complexity index is 404. The lowest BCUT2D eigenvalue weighted by molar-refractivity contribution is 0.252. The fraction of sp³-hybridized carbons (Fsp3) is 0.250. The highest BCUT2D eigenvalue weighted by Gasteiger charge is 2.06. The van der Waals surface area contributed by atoms with Crippen LogP contribution >= 0.6 is 11.8 Å². The third-order valence-corrected chi connectivity index (χ3v) is 2.53. The largest absolute Gasteiger partial charge is 0.492 e. The summed E-state index contributed by atoms with van der Waals surface area (Å²) in [6.45, 7) is 6.14. The van der Waals surface area contributed by atoms with Gasteiger partial charge in [-0.25, -0.2) is 9.38 Å². The van der Waals surface area contributed by atoms with Crippen molar-refractivity contribution in [1.82, 2.24) is 0 Å². The highest BCUT2D eigenvalue weighted by atomic mass is 32.2. The van der Waals surface area contributed by atoms with Crippen molar-refractivity contribution in [3.63, 3.8) is 0 Å². The average Bonchev–Trinajstić information content (AvgIpc) is 2.28. The van der Waals surface area contributed by atoms with Gasteiger partial charge in [-0.1, -0.05) is 18.7 Å². The summed E-state index contributed by atoms with van der Waals surface area (Å²) < 4.78 is 18.6. The minimum absolute atomic E-state index is 0.299. The van der Waals surface area contributed by atoms with Crippen LogP contribution in [-0.4, -0.2) is 17.9 Å². The number of hydrogen-bond donors (Lipinski definition) is 0. The molecule has 16 heavy (non-hydrogen) atoms. The predicted molar refractivity (Wildman–Crippen MR) is 67.8 cm³/mol.